The molecule has 18 rings (SSSR count). The van der Waals surface area contributed by atoms with Crippen LogP contribution in [0.2, 0.25) is 0 Å². The van der Waals surface area contributed by atoms with Crippen molar-refractivity contribution in [1.82, 2.24) is 0 Å². The second-order valence-electron chi connectivity index (χ2n) is 26.3. The fraction of sp³-hybridized carbons (Fsp3) is 0.0400. The molecular formula is C100H80N4. The van der Waals surface area contributed by atoms with Gasteiger partial charge in [-0.2, -0.15) is 0 Å². The van der Waals surface area contributed by atoms with E-state index in [1.807, 2.05) is 0 Å². The van der Waals surface area contributed by atoms with Crippen molar-refractivity contribution >= 4 is 110 Å². The Morgan fingerprint density at radius 2 is 0.365 bits per heavy atom. The van der Waals surface area contributed by atoms with Gasteiger partial charge in [-0.05, 0) is 173 Å². The second-order valence-corrected chi connectivity index (χ2v) is 26.3. The lowest BCUT2D eigenvalue weighted by Gasteiger charge is -2.23. The molecule has 500 valence electrons. The minimum Gasteiger partial charge on any atom is -0.345 e. The largest absolute Gasteiger partial charge is 0.345 e. The molecule has 0 saturated carbocycles. The maximum atomic E-state index is 2.29. The van der Waals surface area contributed by atoms with Gasteiger partial charge in [0.2, 0.25) is 0 Å². The summed E-state index contributed by atoms with van der Waals surface area (Å²) in [6, 6.07) is 146. The van der Waals surface area contributed by atoms with Crippen molar-refractivity contribution in [3.63, 3.8) is 0 Å². The van der Waals surface area contributed by atoms with Crippen molar-refractivity contribution in [2.45, 2.75) is 0 Å². The van der Waals surface area contributed by atoms with E-state index < -0.39 is 0 Å². The molecule has 4 heteroatoms. The Morgan fingerprint density at radius 1 is 0.135 bits per heavy atom. The van der Waals surface area contributed by atoms with Gasteiger partial charge in [0, 0.05) is 95.2 Å². The normalized spacial score (nSPS) is 10.9. The molecule has 0 unspecified atom stereocenters. The van der Waals surface area contributed by atoms with Crippen molar-refractivity contribution in [2.24, 2.45) is 0 Å². The topological polar surface area (TPSA) is 13.0 Å². The number of benzene rings is 18. The Bertz CT molecular complexity index is 5730. The van der Waals surface area contributed by atoms with Crippen molar-refractivity contribution in [1.29, 1.82) is 0 Å². The summed E-state index contributed by atoms with van der Waals surface area (Å²) in [5.74, 6) is 0. The maximum Gasteiger partial charge on any atom is 0.0487 e. The van der Waals surface area contributed by atoms with E-state index in [0.717, 1.165) is 0 Å². The van der Waals surface area contributed by atoms with E-state index in [0.29, 0.717) is 0 Å². The van der Waals surface area contributed by atoms with Gasteiger partial charge in [-0.25, -0.2) is 0 Å². The SMILES string of the molecule is CN(c1cc(-c2ccccc2)cc(-c2ccccc2)c1)c1ccc2ccccc2c1.CN(c1cc(-c2ccccc2)cc(-c2ccccc2)c1)c1cccc2ccccc12.CN(c1ccc2ccccc2c1)c1cccc2ccccc12.CN(c1cccc2ccccc12)c1cccc2ccccc12. The molecule has 0 N–H and O–H groups in total. The number of fused-ring (bicyclic) bond motifs is 6. The fourth-order valence-corrected chi connectivity index (χ4v) is 14.1. The van der Waals surface area contributed by atoms with Gasteiger partial charge in [-0.15, -0.1) is 0 Å². The average Bonchev–Trinajstić information content (AvgIpc) is 0.757. The van der Waals surface area contributed by atoms with Crippen LogP contribution in [0.3, 0.4) is 0 Å². The smallest absolute Gasteiger partial charge is 0.0487 e. The van der Waals surface area contributed by atoms with E-state index in [2.05, 4.69) is 460 Å². The van der Waals surface area contributed by atoms with Crippen molar-refractivity contribution in [2.75, 3.05) is 47.8 Å². The quantitative estimate of drug-likeness (QED) is 0.121. The van der Waals surface area contributed by atoms with E-state index in [1.165, 1.54) is 155 Å². The Kier molecular flexibility index (Phi) is 19.9. The molecule has 0 saturated heterocycles. The number of nitrogens with zero attached hydrogens (tertiary/aromatic N) is 4. The molecule has 4 nitrogen and oxygen atoms in total. The van der Waals surface area contributed by atoms with Gasteiger partial charge in [0.25, 0.3) is 0 Å². The van der Waals surface area contributed by atoms with Crippen molar-refractivity contribution in [3.8, 4) is 44.5 Å². The minimum atomic E-state index is 1.17. The summed E-state index contributed by atoms with van der Waals surface area (Å²) in [6.07, 6.45) is 0. The molecule has 0 aromatic heterocycles. The third-order valence-electron chi connectivity index (χ3n) is 19.8. The fourth-order valence-electron chi connectivity index (χ4n) is 14.1. The molecule has 0 spiro atoms. The first-order valence-electron chi connectivity index (χ1n) is 35.6. The monoisotopic (exact) mass is 1340 g/mol. The highest BCUT2D eigenvalue weighted by Gasteiger charge is 2.16. The highest BCUT2D eigenvalue weighted by molar-refractivity contribution is 6.03. The van der Waals surface area contributed by atoms with E-state index >= 15 is 0 Å². The van der Waals surface area contributed by atoms with Gasteiger partial charge >= 0.3 is 0 Å². The molecule has 0 radical (unpaired) electrons. The zero-order valence-electron chi connectivity index (χ0n) is 59.0. The van der Waals surface area contributed by atoms with Gasteiger partial charge in [-0.1, -0.05) is 328 Å². The third kappa shape index (κ3) is 14.8. The van der Waals surface area contributed by atoms with Crippen molar-refractivity contribution < 1.29 is 0 Å². The molecule has 0 heterocycles. The highest BCUT2D eigenvalue weighted by Crippen LogP contribution is 2.41. The van der Waals surface area contributed by atoms with Crippen LogP contribution in [0.15, 0.2) is 413 Å². The number of hydrogen-bond donors (Lipinski definition) is 0. The van der Waals surface area contributed by atoms with Gasteiger partial charge in [-0.3, -0.25) is 0 Å². The summed E-state index contributed by atoms with van der Waals surface area (Å²) in [7, 11) is 8.57. The summed E-state index contributed by atoms with van der Waals surface area (Å²) in [5.41, 5.74) is 19.4. The lowest BCUT2D eigenvalue weighted by Crippen LogP contribution is -2.10. The van der Waals surface area contributed by atoms with Crippen LogP contribution in [0, 0.1) is 0 Å². The molecule has 18 aromatic rings. The van der Waals surface area contributed by atoms with E-state index in [1.54, 1.807) is 0 Å². The average molecular weight is 1340 g/mol. The Morgan fingerprint density at radius 3 is 0.683 bits per heavy atom. The zero-order valence-corrected chi connectivity index (χ0v) is 59.0. The van der Waals surface area contributed by atoms with Crippen molar-refractivity contribution in [3.05, 3.63) is 413 Å². The predicted octanol–water partition coefficient (Wildman–Crippen LogP) is 27.4. The van der Waals surface area contributed by atoms with Gasteiger partial charge in [0.15, 0.2) is 0 Å². The molecule has 104 heavy (non-hydrogen) atoms. The number of rotatable bonds is 12. The van der Waals surface area contributed by atoms with E-state index in [-0.39, 0.29) is 0 Å². The zero-order chi connectivity index (χ0) is 70.6. The van der Waals surface area contributed by atoms with E-state index in [4.69, 9.17) is 0 Å². The standard InChI is InChI=1S/2C29H23N.2C21H17N/c1-30(29-18-10-16-24-15-8-9-17-28(24)29)27-20-25(22-11-4-2-5-12-22)19-26(21-27)23-13-6-3-7-14-23;1-30(28-17-16-24-14-8-9-15-25(24)19-28)29-20-26(22-10-4-2-5-11-22)18-27(21-29)23-12-6-3-7-13-23;1-22(20-14-6-10-16-8-2-4-12-18(16)20)21-15-7-11-17-9-3-5-13-19(17)21;1-22(19-14-13-16-7-2-3-9-18(16)15-19)21-12-6-10-17-8-4-5-11-20(17)21/h2*2-21H,1H3;2*2-15H,1H3. The Hall–Kier alpha value is -13.3. The summed E-state index contributed by atoms with van der Waals surface area (Å²) in [5, 5.41) is 15.2. The van der Waals surface area contributed by atoms with Crippen LogP contribution in [0.4, 0.5) is 45.5 Å². The van der Waals surface area contributed by atoms with Crippen LogP contribution >= 0.6 is 0 Å². The lowest BCUT2D eigenvalue weighted by molar-refractivity contribution is 1.21. The first-order chi connectivity index (χ1) is 51.2. The molecule has 0 bridgehead atoms. The first kappa shape index (κ1) is 66.6. The van der Waals surface area contributed by atoms with Gasteiger partial charge < -0.3 is 19.6 Å². The van der Waals surface area contributed by atoms with Crippen LogP contribution in [-0.2, 0) is 0 Å². The van der Waals surface area contributed by atoms with Gasteiger partial charge in [0.1, 0.15) is 0 Å². The summed E-state index contributed by atoms with van der Waals surface area (Å²) in [4.78, 5) is 9.10. The first-order valence-corrected chi connectivity index (χ1v) is 35.6. The molecule has 0 atom stereocenters. The van der Waals surface area contributed by atoms with Crippen LogP contribution in [0.5, 0.6) is 0 Å². The summed E-state index contributed by atoms with van der Waals surface area (Å²) in [6.45, 7) is 0. The highest BCUT2D eigenvalue weighted by atomic mass is 15.1. The molecule has 0 aliphatic rings. The van der Waals surface area contributed by atoms with E-state index in [9.17, 15) is 0 Å². The van der Waals surface area contributed by atoms with Crippen LogP contribution in [-0.4, -0.2) is 28.2 Å². The number of anilines is 8. The Labute approximate surface area is 611 Å². The predicted molar refractivity (Wildman–Crippen MR) is 451 cm³/mol. The summed E-state index contributed by atoms with van der Waals surface area (Å²) >= 11 is 0. The number of hydrogen-bond acceptors (Lipinski definition) is 4. The lowest BCUT2D eigenvalue weighted by atomic mass is 9.97. The molecule has 0 aliphatic heterocycles. The molecule has 0 aliphatic carbocycles. The van der Waals surface area contributed by atoms with Crippen LogP contribution in [0.1, 0.15) is 0 Å². The third-order valence-corrected chi connectivity index (χ3v) is 19.8. The van der Waals surface area contributed by atoms with Gasteiger partial charge in [0.05, 0.1) is 0 Å². The molecular weight excluding hydrogens is 1260 g/mol. The maximum absolute atomic E-state index is 2.29. The minimum absolute atomic E-state index is 1.17. The molecule has 0 amide bonds. The molecule has 18 aromatic carbocycles. The van der Waals surface area contributed by atoms with Crippen LogP contribution < -0.4 is 19.6 Å². The van der Waals surface area contributed by atoms with Crippen LogP contribution in [0.25, 0.3) is 109 Å². The summed E-state index contributed by atoms with van der Waals surface area (Å²) < 4.78 is 0. The molecule has 0 fully saturated rings. The second kappa shape index (κ2) is 31.1. The Balaban J connectivity index is 0.000000113.